The lowest BCUT2D eigenvalue weighted by molar-refractivity contribution is -0.150. The van der Waals surface area contributed by atoms with Crippen LogP contribution in [0, 0.1) is 6.92 Å². The molecule has 1 aliphatic rings. The number of hydrogen-bond acceptors (Lipinski definition) is 2. The van der Waals surface area contributed by atoms with Gasteiger partial charge in [-0.3, -0.25) is 4.79 Å². The molecule has 1 atom stereocenters. The van der Waals surface area contributed by atoms with Crippen molar-refractivity contribution in [3.63, 3.8) is 0 Å². The molecule has 19 heavy (non-hydrogen) atoms. The van der Waals surface area contributed by atoms with E-state index >= 15 is 0 Å². The molecule has 1 fully saturated rings. The van der Waals surface area contributed by atoms with Crippen LogP contribution in [0.1, 0.15) is 42.1 Å². The summed E-state index contributed by atoms with van der Waals surface area (Å²) >= 11 is 0. The Morgan fingerprint density at radius 3 is 2.68 bits per heavy atom. The number of nitrogens with zero attached hydrogens (tertiary/aromatic N) is 1. The van der Waals surface area contributed by atoms with Gasteiger partial charge in [-0.25, -0.2) is 4.79 Å². The summed E-state index contributed by atoms with van der Waals surface area (Å²) in [5.74, 6) is -1.11. The maximum atomic E-state index is 12.5. The highest BCUT2D eigenvalue weighted by molar-refractivity contribution is 5.98. The zero-order chi connectivity index (χ0) is 14.0. The minimum absolute atomic E-state index is 0.187. The molecule has 0 spiro atoms. The summed E-state index contributed by atoms with van der Waals surface area (Å²) in [5, 5.41) is 9.42. The Labute approximate surface area is 113 Å². The normalized spacial score (nSPS) is 23.2. The fourth-order valence-corrected chi connectivity index (χ4v) is 2.60. The standard InChI is InChI=1S/C15H19NO3/c1-11-6-5-7-12(10-11)13(17)16-9-4-3-8-15(16,2)14(18)19/h5-7,10H,3-4,8-9H2,1-2H3,(H,18,19). The van der Waals surface area contributed by atoms with Crippen LogP contribution in [0.4, 0.5) is 0 Å². The maximum Gasteiger partial charge on any atom is 0.329 e. The number of aryl methyl sites for hydroxylation is 1. The molecule has 1 unspecified atom stereocenters. The summed E-state index contributed by atoms with van der Waals surface area (Å²) in [6, 6.07) is 7.29. The van der Waals surface area contributed by atoms with Gasteiger partial charge in [-0.2, -0.15) is 0 Å². The topological polar surface area (TPSA) is 57.6 Å². The van der Waals surface area contributed by atoms with Crippen molar-refractivity contribution in [2.45, 2.75) is 38.6 Å². The summed E-state index contributed by atoms with van der Waals surface area (Å²) in [6.07, 6.45) is 2.22. The Kier molecular flexibility index (Phi) is 3.60. The molecule has 2 rings (SSSR count). The molecule has 102 valence electrons. The van der Waals surface area contributed by atoms with Gasteiger partial charge in [0.15, 0.2) is 0 Å². The van der Waals surface area contributed by atoms with Crippen LogP contribution in [0.3, 0.4) is 0 Å². The van der Waals surface area contributed by atoms with Crippen molar-refractivity contribution in [1.82, 2.24) is 4.90 Å². The van der Waals surface area contributed by atoms with E-state index in [9.17, 15) is 14.7 Å². The SMILES string of the molecule is Cc1cccc(C(=O)N2CCCCC2(C)C(=O)O)c1. The predicted octanol–water partition coefficient (Wildman–Crippen LogP) is 2.46. The quantitative estimate of drug-likeness (QED) is 0.889. The van der Waals surface area contributed by atoms with Crippen molar-refractivity contribution in [3.8, 4) is 0 Å². The Morgan fingerprint density at radius 1 is 1.32 bits per heavy atom. The van der Waals surface area contributed by atoms with Crippen LogP contribution in [0.15, 0.2) is 24.3 Å². The smallest absolute Gasteiger partial charge is 0.329 e. The van der Waals surface area contributed by atoms with E-state index in [-0.39, 0.29) is 5.91 Å². The van der Waals surface area contributed by atoms with Crippen LogP contribution in [0.5, 0.6) is 0 Å². The summed E-state index contributed by atoms with van der Waals surface area (Å²) < 4.78 is 0. The summed E-state index contributed by atoms with van der Waals surface area (Å²) in [5.41, 5.74) is 0.480. The van der Waals surface area contributed by atoms with E-state index in [2.05, 4.69) is 0 Å². The number of benzene rings is 1. The van der Waals surface area contributed by atoms with E-state index in [1.807, 2.05) is 19.1 Å². The monoisotopic (exact) mass is 261 g/mol. The number of amides is 1. The van der Waals surface area contributed by atoms with E-state index in [1.54, 1.807) is 19.1 Å². The van der Waals surface area contributed by atoms with E-state index in [1.165, 1.54) is 4.90 Å². The van der Waals surface area contributed by atoms with Crippen molar-refractivity contribution in [3.05, 3.63) is 35.4 Å². The molecular weight excluding hydrogens is 242 g/mol. The summed E-state index contributed by atoms with van der Waals surface area (Å²) in [4.78, 5) is 25.5. The third-order valence-corrected chi connectivity index (χ3v) is 3.86. The Morgan fingerprint density at radius 2 is 2.05 bits per heavy atom. The second-order valence-electron chi connectivity index (χ2n) is 5.36. The van der Waals surface area contributed by atoms with Gasteiger partial charge in [-0.05, 0) is 45.2 Å². The van der Waals surface area contributed by atoms with Crippen molar-refractivity contribution in [2.75, 3.05) is 6.54 Å². The first-order chi connectivity index (χ1) is 8.95. The van der Waals surface area contributed by atoms with E-state index < -0.39 is 11.5 Å². The average molecular weight is 261 g/mol. The first kappa shape index (κ1) is 13.6. The van der Waals surface area contributed by atoms with E-state index in [0.717, 1.165) is 18.4 Å². The lowest BCUT2D eigenvalue weighted by atomic mass is 9.87. The van der Waals surface area contributed by atoms with Gasteiger partial charge in [0.2, 0.25) is 0 Å². The lowest BCUT2D eigenvalue weighted by Gasteiger charge is -2.41. The van der Waals surface area contributed by atoms with Crippen molar-refractivity contribution in [2.24, 2.45) is 0 Å². The van der Waals surface area contributed by atoms with Gasteiger partial charge in [0.1, 0.15) is 5.54 Å². The predicted molar refractivity (Wildman–Crippen MR) is 72.1 cm³/mol. The van der Waals surface area contributed by atoms with Crippen molar-refractivity contribution >= 4 is 11.9 Å². The highest BCUT2D eigenvalue weighted by Gasteiger charge is 2.44. The molecule has 0 aliphatic carbocycles. The van der Waals surface area contributed by atoms with Crippen LogP contribution in [-0.4, -0.2) is 34.0 Å². The highest BCUT2D eigenvalue weighted by Crippen LogP contribution is 2.29. The Hall–Kier alpha value is -1.84. The molecule has 0 aromatic heterocycles. The minimum atomic E-state index is -1.08. The van der Waals surface area contributed by atoms with Gasteiger partial charge in [0, 0.05) is 12.1 Å². The lowest BCUT2D eigenvalue weighted by Crippen LogP contribution is -2.57. The van der Waals surface area contributed by atoms with Gasteiger partial charge in [0.25, 0.3) is 5.91 Å². The number of hydrogen-bond donors (Lipinski definition) is 1. The number of carbonyl (C=O) groups is 2. The van der Waals surface area contributed by atoms with Gasteiger partial charge in [-0.1, -0.05) is 17.7 Å². The third-order valence-electron chi connectivity index (χ3n) is 3.86. The van der Waals surface area contributed by atoms with Crippen LogP contribution >= 0.6 is 0 Å². The van der Waals surface area contributed by atoms with Gasteiger partial charge >= 0.3 is 5.97 Å². The second kappa shape index (κ2) is 5.03. The number of rotatable bonds is 2. The fraction of sp³-hybridized carbons (Fsp3) is 0.467. The van der Waals surface area contributed by atoms with Crippen LogP contribution in [0.25, 0.3) is 0 Å². The number of carboxylic acids is 1. The number of carboxylic acid groups (broad SMARTS) is 1. The number of likely N-dealkylation sites (tertiary alicyclic amines) is 1. The second-order valence-corrected chi connectivity index (χ2v) is 5.36. The molecule has 0 saturated carbocycles. The molecule has 1 saturated heterocycles. The molecule has 4 nitrogen and oxygen atoms in total. The van der Waals surface area contributed by atoms with Gasteiger partial charge < -0.3 is 10.0 Å². The average Bonchev–Trinajstić information content (AvgIpc) is 2.38. The number of aliphatic carboxylic acids is 1. The largest absolute Gasteiger partial charge is 0.480 e. The molecule has 0 bridgehead atoms. The Balaban J connectivity index is 2.33. The Bertz CT molecular complexity index is 512. The molecule has 1 heterocycles. The maximum absolute atomic E-state index is 12.5. The van der Waals surface area contributed by atoms with Gasteiger partial charge in [-0.15, -0.1) is 0 Å². The van der Waals surface area contributed by atoms with Crippen LogP contribution in [-0.2, 0) is 4.79 Å². The first-order valence-electron chi connectivity index (χ1n) is 6.57. The van der Waals surface area contributed by atoms with Crippen molar-refractivity contribution < 1.29 is 14.7 Å². The molecule has 1 N–H and O–H groups in total. The summed E-state index contributed by atoms with van der Waals surface area (Å²) in [6.45, 7) is 4.07. The zero-order valence-electron chi connectivity index (χ0n) is 11.3. The molecular formula is C15H19NO3. The van der Waals surface area contributed by atoms with Crippen molar-refractivity contribution in [1.29, 1.82) is 0 Å². The van der Waals surface area contributed by atoms with Crippen LogP contribution < -0.4 is 0 Å². The van der Waals surface area contributed by atoms with Gasteiger partial charge in [0.05, 0.1) is 0 Å². The number of carbonyl (C=O) groups excluding carboxylic acids is 1. The summed E-state index contributed by atoms with van der Waals surface area (Å²) in [7, 11) is 0. The van der Waals surface area contributed by atoms with Crippen LogP contribution in [0.2, 0.25) is 0 Å². The minimum Gasteiger partial charge on any atom is -0.480 e. The van der Waals surface area contributed by atoms with E-state index in [0.29, 0.717) is 18.5 Å². The van der Waals surface area contributed by atoms with E-state index in [4.69, 9.17) is 0 Å². The molecule has 1 aromatic carbocycles. The molecule has 0 radical (unpaired) electrons. The highest BCUT2D eigenvalue weighted by atomic mass is 16.4. The molecule has 1 aromatic rings. The first-order valence-corrected chi connectivity index (χ1v) is 6.57. The fourth-order valence-electron chi connectivity index (χ4n) is 2.60. The molecule has 1 aliphatic heterocycles. The number of piperidine rings is 1. The zero-order valence-corrected chi connectivity index (χ0v) is 11.3. The molecule has 1 amide bonds. The third kappa shape index (κ3) is 2.48. The molecule has 4 heteroatoms.